The van der Waals surface area contributed by atoms with Gasteiger partial charge in [-0.25, -0.2) is 0 Å². The maximum atomic E-state index is 13.2. The molecule has 1 aliphatic heterocycles. The second-order valence-electron chi connectivity index (χ2n) is 9.91. The van der Waals surface area contributed by atoms with E-state index < -0.39 is 54.1 Å². The first kappa shape index (κ1) is 30.8. The number of likely N-dealkylation sites (tertiary alicyclic amines) is 1. The minimum Gasteiger partial charge on any atom is -0.481 e. The number of benzene rings is 2. The predicted molar refractivity (Wildman–Crippen MR) is 125 cm³/mol. The van der Waals surface area contributed by atoms with Crippen LogP contribution in [0.25, 0.3) is 0 Å². The van der Waals surface area contributed by atoms with E-state index in [4.69, 9.17) is 0 Å². The molecule has 2 aromatic rings. The Morgan fingerprint density at radius 3 is 2.10 bits per heavy atom. The molecule has 1 N–H and O–H groups in total. The molecule has 1 aliphatic rings. The Labute approximate surface area is 219 Å². The molecular weight excluding hydrogens is 541 g/mol. The molecule has 3 rings (SSSR count). The van der Waals surface area contributed by atoms with E-state index in [1.165, 1.54) is 24.3 Å². The molecule has 0 saturated carbocycles. The van der Waals surface area contributed by atoms with Crippen LogP contribution < -0.4 is 0 Å². The van der Waals surface area contributed by atoms with Crippen LogP contribution in [0.3, 0.4) is 0 Å². The summed E-state index contributed by atoms with van der Waals surface area (Å²) in [5.41, 5.74) is -1.05. The highest BCUT2D eigenvalue weighted by atomic mass is 19.4. The second kappa shape index (κ2) is 12.2. The summed E-state index contributed by atoms with van der Waals surface area (Å²) in [7, 11) is 0. The molecule has 0 spiro atoms. The summed E-state index contributed by atoms with van der Waals surface area (Å²) in [4.78, 5) is 13.1. The zero-order valence-electron chi connectivity index (χ0n) is 20.7. The van der Waals surface area contributed by atoms with Crippen molar-refractivity contribution in [3.05, 3.63) is 70.8 Å². The van der Waals surface area contributed by atoms with Crippen molar-refractivity contribution in [3.8, 4) is 0 Å². The Hall–Kier alpha value is -2.76. The van der Waals surface area contributed by atoms with Gasteiger partial charge in [0.15, 0.2) is 0 Å². The standard InChI is InChI=1S/C27H28F9NO2/c28-25(29,30)12-10-22(9-4-17-2-1-3-21(14-17)27(34,35)36)37-13-11-18(16-24(38)39)15-23(37)19-5-7-20(8-6-19)26(31,32)33/h1-3,5-8,14,18,22-23H,4,9-13,15-16H2,(H,38,39)/t18-,22?,23?/m1/s1. The van der Waals surface area contributed by atoms with E-state index in [9.17, 15) is 49.4 Å². The highest BCUT2D eigenvalue weighted by Crippen LogP contribution is 2.41. The fourth-order valence-electron chi connectivity index (χ4n) is 5.19. The molecule has 1 heterocycles. The molecule has 12 heteroatoms. The maximum Gasteiger partial charge on any atom is 0.416 e. The summed E-state index contributed by atoms with van der Waals surface area (Å²) < 4.78 is 118. The number of rotatable bonds is 9. The van der Waals surface area contributed by atoms with Crippen molar-refractivity contribution < 1.29 is 49.4 Å². The van der Waals surface area contributed by atoms with E-state index in [1.807, 2.05) is 0 Å². The second-order valence-corrected chi connectivity index (χ2v) is 9.91. The molecule has 216 valence electrons. The molecule has 0 bridgehead atoms. The smallest absolute Gasteiger partial charge is 0.416 e. The first-order valence-corrected chi connectivity index (χ1v) is 12.4. The largest absolute Gasteiger partial charge is 0.481 e. The predicted octanol–water partition coefficient (Wildman–Crippen LogP) is 8.30. The molecule has 0 amide bonds. The van der Waals surface area contributed by atoms with Gasteiger partial charge in [0.05, 0.1) is 11.1 Å². The summed E-state index contributed by atoms with van der Waals surface area (Å²) in [6.45, 7) is 0.203. The van der Waals surface area contributed by atoms with Crippen molar-refractivity contribution >= 4 is 5.97 Å². The van der Waals surface area contributed by atoms with Gasteiger partial charge in [-0.3, -0.25) is 9.69 Å². The first-order valence-electron chi connectivity index (χ1n) is 12.4. The molecule has 2 aromatic carbocycles. The number of nitrogens with zero attached hydrogens (tertiary/aromatic N) is 1. The third-order valence-electron chi connectivity index (χ3n) is 7.09. The van der Waals surface area contributed by atoms with Crippen molar-refractivity contribution in [1.29, 1.82) is 0 Å². The molecule has 39 heavy (non-hydrogen) atoms. The molecule has 1 fully saturated rings. The third kappa shape index (κ3) is 9.15. The molecule has 0 aliphatic carbocycles. The van der Waals surface area contributed by atoms with Crippen LogP contribution in [-0.4, -0.2) is 34.7 Å². The Kier molecular flexibility index (Phi) is 9.61. The molecule has 0 aromatic heterocycles. The summed E-state index contributed by atoms with van der Waals surface area (Å²) >= 11 is 0. The fraction of sp³-hybridized carbons (Fsp3) is 0.519. The van der Waals surface area contributed by atoms with Gasteiger partial charge < -0.3 is 5.11 Å². The highest BCUT2D eigenvalue weighted by Gasteiger charge is 2.38. The quantitative estimate of drug-likeness (QED) is 0.309. The normalized spacial score (nSPS) is 20.1. The van der Waals surface area contributed by atoms with Crippen LogP contribution >= 0.6 is 0 Å². The van der Waals surface area contributed by atoms with E-state index in [0.29, 0.717) is 17.5 Å². The number of carboxylic acids is 1. The Morgan fingerprint density at radius 2 is 1.54 bits per heavy atom. The number of piperidine rings is 1. The Bertz CT molecular complexity index is 1090. The minimum absolute atomic E-state index is 0.0568. The van der Waals surface area contributed by atoms with Crippen LogP contribution in [0, 0.1) is 5.92 Å². The van der Waals surface area contributed by atoms with Gasteiger partial charge in [0.2, 0.25) is 0 Å². The number of aliphatic carboxylic acids is 1. The van der Waals surface area contributed by atoms with Gasteiger partial charge >= 0.3 is 24.5 Å². The number of carbonyl (C=O) groups is 1. The molecule has 3 atom stereocenters. The van der Waals surface area contributed by atoms with Crippen molar-refractivity contribution in [3.63, 3.8) is 0 Å². The van der Waals surface area contributed by atoms with E-state index >= 15 is 0 Å². The number of hydrogen-bond donors (Lipinski definition) is 1. The number of aryl methyl sites for hydroxylation is 1. The summed E-state index contributed by atoms with van der Waals surface area (Å²) in [5, 5.41) is 9.24. The van der Waals surface area contributed by atoms with Gasteiger partial charge in [-0.2, -0.15) is 39.5 Å². The van der Waals surface area contributed by atoms with Crippen LogP contribution in [0.1, 0.15) is 66.8 Å². The fourth-order valence-corrected chi connectivity index (χ4v) is 5.19. The first-order chi connectivity index (χ1) is 18.0. The average Bonchev–Trinajstić information content (AvgIpc) is 2.82. The van der Waals surface area contributed by atoms with Crippen molar-refractivity contribution in [1.82, 2.24) is 4.90 Å². The molecule has 3 nitrogen and oxygen atoms in total. The van der Waals surface area contributed by atoms with E-state index in [1.54, 1.807) is 4.90 Å². The van der Waals surface area contributed by atoms with Crippen LogP contribution in [0.15, 0.2) is 48.5 Å². The summed E-state index contributed by atoms with van der Waals surface area (Å²) in [6, 6.07) is 7.39. The van der Waals surface area contributed by atoms with Gasteiger partial charge in [-0.15, -0.1) is 0 Å². The highest BCUT2D eigenvalue weighted by molar-refractivity contribution is 5.67. The van der Waals surface area contributed by atoms with Gasteiger partial charge in [-0.1, -0.05) is 30.3 Å². The van der Waals surface area contributed by atoms with Crippen LogP contribution in [0.2, 0.25) is 0 Å². The number of carboxylic acid groups (broad SMARTS) is 1. The summed E-state index contributed by atoms with van der Waals surface area (Å²) in [6.07, 6.45) is -14.6. The lowest BCUT2D eigenvalue weighted by atomic mass is 9.83. The molecule has 0 radical (unpaired) electrons. The van der Waals surface area contributed by atoms with Gasteiger partial charge in [0.1, 0.15) is 0 Å². The zero-order valence-corrected chi connectivity index (χ0v) is 20.7. The molecule has 1 saturated heterocycles. The van der Waals surface area contributed by atoms with Crippen molar-refractivity contribution in [2.75, 3.05) is 6.54 Å². The molecule has 2 unspecified atom stereocenters. The van der Waals surface area contributed by atoms with Crippen LogP contribution in [0.4, 0.5) is 39.5 Å². The van der Waals surface area contributed by atoms with Gasteiger partial charge in [0, 0.05) is 24.9 Å². The summed E-state index contributed by atoms with van der Waals surface area (Å²) in [5.74, 6) is -1.39. The zero-order chi connectivity index (χ0) is 29.0. The molecular formula is C27H28F9NO2. The lowest BCUT2D eigenvalue weighted by molar-refractivity contribution is -0.141. The number of hydrogen-bond acceptors (Lipinski definition) is 2. The van der Waals surface area contributed by atoms with Crippen LogP contribution in [0.5, 0.6) is 0 Å². The number of halogens is 9. The Morgan fingerprint density at radius 1 is 0.897 bits per heavy atom. The van der Waals surface area contributed by atoms with Gasteiger partial charge in [-0.05, 0) is 73.9 Å². The maximum absolute atomic E-state index is 13.2. The topological polar surface area (TPSA) is 40.5 Å². The number of alkyl halides is 9. The van der Waals surface area contributed by atoms with Crippen molar-refractivity contribution in [2.45, 2.75) is 75.6 Å². The van der Waals surface area contributed by atoms with Crippen molar-refractivity contribution in [2.24, 2.45) is 5.92 Å². The SMILES string of the molecule is O=C(O)C[C@@H]1CCN(C(CCc2cccc(C(F)(F)F)c2)CCC(F)(F)F)C(c2ccc(C(F)(F)F)cc2)C1. The minimum atomic E-state index is -4.59. The lowest BCUT2D eigenvalue weighted by Gasteiger charge is -2.44. The lowest BCUT2D eigenvalue weighted by Crippen LogP contribution is -2.44. The van der Waals surface area contributed by atoms with E-state index in [-0.39, 0.29) is 44.6 Å². The Balaban J connectivity index is 1.90. The average molecular weight is 570 g/mol. The van der Waals surface area contributed by atoms with E-state index in [2.05, 4.69) is 0 Å². The van der Waals surface area contributed by atoms with Gasteiger partial charge in [0.25, 0.3) is 0 Å². The monoisotopic (exact) mass is 569 g/mol. The third-order valence-corrected chi connectivity index (χ3v) is 7.09. The van der Waals surface area contributed by atoms with Crippen LogP contribution in [-0.2, 0) is 23.6 Å². The van der Waals surface area contributed by atoms with E-state index in [0.717, 1.165) is 24.3 Å².